The van der Waals surface area contributed by atoms with E-state index in [1.807, 2.05) is 0 Å². The fraction of sp³-hybridized carbons (Fsp3) is 0.867. The van der Waals surface area contributed by atoms with Gasteiger partial charge in [0.05, 0.1) is 0 Å². The van der Waals surface area contributed by atoms with Crippen molar-refractivity contribution < 1.29 is 27.5 Å². The van der Waals surface area contributed by atoms with Gasteiger partial charge in [0, 0.05) is 0 Å². The Kier molecular flexibility index (Phi) is 5.72. The van der Waals surface area contributed by atoms with Crippen LogP contribution in [-0.4, -0.2) is 41.8 Å². The fourth-order valence-electron chi connectivity index (χ4n) is 2.44. The first-order chi connectivity index (χ1) is 10.3. The fourth-order valence-corrected chi connectivity index (χ4v) is 2.44. The van der Waals surface area contributed by atoms with E-state index in [9.17, 15) is 22.8 Å². The van der Waals surface area contributed by atoms with Crippen molar-refractivity contribution in [3.8, 4) is 0 Å². The van der Waals surface area contributed by atoms with E-state index in [2.05, 4.69) is 10.6 Å². The van der Waals surface area contributed by atoms with E-state index in [0.29, 0.717) is 0 Å². The number of amides is 1. The number of hydrogen-bond donors (Lipinski definition) is 2. The molecule has 0 spiro atoms. The van der Waals surface area contributed by atoms with Crippen LogP contribution >= 0.6 is 0 Å². The number of ether oxygens (including phenoxy) is 1. The van der Waals surface area contributed by atoms with E-state index in [1.54, 1.807) is 34.6 Å². The summed E-state index contributed by atoms with van der Waals surface area (Å²) in [4.78, 5) is 24.5. The van der Waals surface area contributed by atoms with Gasteiger partial charge in [-0.1, -0.05) is 13.8 Å². The van der Waals surface area contributed by atoms with Crippen LogP contribution in [0.2, 0.25) is 0 Å². The lowest BCUT2D eigenvalue weighted by atomic mass is 9.93. The minimum absolute atomic E-state index is 0.103. The van der Waals surface area contributed by atoms with Crippen molar-refractivity contribution in [2.24, 2.45) is 5.92 Å². The first kappa shape index (κ1) is 19.7. The number of halogens is 3. The zero-order valence-corrected chi connectivity index (χ0v) is 14.1. The van der Waals surface area contributed by atoms with E-state index in [1.165, 1.54) is 0 Å². The summed E-state index contributed by atoms with van der Waals surface area (Å²) in [5.74, 6) is -2.37. The Bertz CT molecular complexity index is 450. The summed E-state index contributed by atoms with van der Waals surface area (Å²) in [6.45, 7) is 8.33. The van der Waals surface area contributed by atoms with Crippen LogP contribution in [0.3, 0.4) is 0 Å². The Balaban J connectivity index is 2.96. The minimum atomic E-state index is -4.73. The van der Waals surface area contributed by atoms with E-state index < -0.39 is 41.2 Å². The van der Waals surface area contributed by atoms with Crippen molar-refractivity contribution in [2.75, 3.05) is 6.54 Å². The van der Waals surface area contributed by atoms with Gasteiger partial charge in [0.1, 0.15) is 11.6 Å². The van der Waals surface area contributed by atoms with Crippen molar-refractivity contribution >= 4 is 11.9 Å². The molecular formula is C15H25F3N2O3. The highest BCUT2D eigenvalue weighted by Crippen LogP contribution is 2.37. The van der Waals surface area contributed by atoms with E-state index in [0.717, 1.165) is 0 Å². The molecule has 0 aromatic heterocycles. The van der Waals surface area contributed by atoms with E-state index >= 15 is 0 Å². The molecule has 1 fully saturated rings. The molecule has 0 bridgehead atoms. The van der Waals surface area contributed by atoms with Gasteiger partial charge in [0.15, 0.2) is 5.54 Å². The summed E-state index contributed by atoms with van der Waals surface area (Å²) < 4.78 is 45.2. The number of hydrogen-bond acceptors (Lipinski definition) is 4. The molecule has 0 unspecified atom stereocenters. The molecule has 1 rings (SSSR count). The average Bonchev–Trinajstić information content (AvgIpc) is 2.82. The normalized spacial score (nSPS) is 23.7. The Morgan fingerprint density at radius 3 is 2.13 bits per heavy atom. The molecule has 1 aliphatic heterocycles. The molecule has 0 aliphatic carbocycles. The monoisotopic (exact) mass is 338 g/mol. The Morgan fingerprint density at radius 2 is 1.78 bits per heavy atom. The number of carbonyl (C=O) groups excluding carboxylic acids is 2. The summed E-state index contributed by atoms with van der Waals surface area (Å²) in [7, 11) is 0. The molecule has 134 valence electrons. The second kappa shape index (κ2) is 6.67. The van der Waals surface area contributed by atoms with Gasteiger partial charge in [-0.2, -0.15) is 13.2 Å². The lowest BCUT2D eigenvalue weighted by molar-refractivity contribution is -0.197. The third-order valence-corrected chi connectivity index (χ3v) is 3.64. The Labute approximate surface area is 134 Å². The summed E-state index contributed by atoms with van der Waals surface area (Å²) >= 11 is 0. The van der Waals surface area contributed by atoms with Gasteiger partial charge < -0.3 is 10.1 Å². The maximum atomic E-state index is 13.4. The van der Waals surface area contributed by atoms with Crippen LogP contribution in [0.1, 0.15) is 47.5 Å². The predicted octanol–water partition coefficient (Wildman–Crippen LogP) is 2.15. The van der Waals surface area contributed by atoms with E-state index in [4.69, 9.17) is 4.74 Å². The molecule has 2 atom stereocenters. The Morgan fingerprint density at radius 1 is 1.22 bits per heavy atom. The van der Waals surface area contributed by atoms with Crippen LogP contribution in [0.5, 0.6) is 0 Å². The van der Waals surface area contributed by atoms with Gasteiger partial charge in [0.25, 0.3) is 0 Å². The molecule has 5 nitrogen and oxygen atoms in total. The molecular weight excluding hydrogens is 313 g/mol. The molecule has 1 saturated heterocycles. The zero-order chi connectivity index (χ0) is 18.1. The summed E-state index contributed by atoms with van der Waals surface area (Å²) in [6.07, 6.45) is -4.84. The van der Waals surface area contributed by atoms with Gasteiger partial charge in [-0.3, -0.25) is 10.1 Å². The molecule has 1 heterocycles. The second-order valence-electron chi connectivity index (χ2n) is 7.16. The number of esters is 1. The standard InChI is InChI=1S/C15H25F3N2O3/c1-9(2)10(11(21)23-13(3,4)5)20-12(22)14(15(16,17)18)7-6-8-19-14/h9-10,19H,6-8H2,1-5H3,(H,20,22)/t10-,14-/m0/s1. The lowest BCUT2D eigenvalue weighted by Gasteiger charge is -2.33. The molecule has 8 heteroatoms. The number of rotatable bonds is 4. The molecule has 1 aliphatic rings. The maximum absolute atomic E-state index is 13.4. The predicted molar refractivity (Wildman–Crippen MR) is 78.6 cm³/mol. The van der Waals surface area contributed by atoms with Crippen molar-refractivity contribution in [1.29, 1.82) is 0 Å². The van der Waals surface area contributed by atoms with Crippen molar-refractivity contribution in [3.05, 3.63) is 0 Å². The topological polar surface area (TPSA) is 67.4 Å². The SMILES string of the molecule is CC(C)[C@H](NC(=O)[C@]1(C(F)(F)F)CCCN1)C(=O)OC(C)(C)C. The third-order valence-electron chi connectivity index (χ3n) is 3.64. The number of alkyl halides is 3. The second-order valence-corrected chi connectivity index (χ2v) is 7.16. The molecule has 23 heavy (non-hydrogen) atoms. The Hall–Kier alpha value is -1.31. The highest BCUT2D eigenvalue weighted by molar-refractivity contribution is 5.91. The van der Waals surface area contributed by atoms with Gasteiger partial charge >= 0.3 is 12.1 Å². The number of nitrogens with one attached hydrogen (secondary N) is 2. The molecule has 0 saturated carbocycles. The van der Waals surface area contributed by atoms with Crippen molar-refractivity contribution in [3.63, 3.8) is 0 Å². The first-order valence-electron chi connectivity index (χ1n) is 7.66. The van der Waals surface area contributed by atoms with Gasteiger partial charge in [-0.05, 0) is 46.1 Å². The highest BCUT2D eigenvalue weighted by atomic mass is 19.4. The van der Waals surface area contributed by atoms with Crippen molar-refractivity contribution in [1.82, 2.24) is 10.6 Å². The van der Waals surface area contributed by atoms with Crippen molar-refractivity contribution in [2.45, 2.75) is 70.8 Å². The zero-order valence-electron chi connectivity index (χ0n) is 14.1. The lowest BCUT2D eigenvalue weighted by Crippen LogP contribution is -2.65. The van der Waals surface area contributed by atoms with Crippen LogP contribution < -0.4 is 10.6 Å². The molecule has 2 N–H and O–H groups in total. The third kappa shape index (κ3) is 4.59. The quantitative estimate of drug-likeness (QED) is 0.771. The first-order valence-corrected chi connectivity index (χ1v) is 7.66. The summed E-state index contributed by atoms with van der Waals surface area (Å²) in [5, 5.41) is 4.48. The maximum Gasteiger partial charge on any atom is 0.415 e. The van der Waals surface area contributed by atoms with Crippen LogP contribution in [0.25, 0.3) is 0 Å². The smallest absolute Gasteiger partial charge is 0.415 e. The van der Waals surface area contributed by atoms with E-state index in [-0.39, 0.29) is 19.4 Å². The molecule has 0 aromatic rings. The summed E-state index contributed by atoms with van der Waals surface area (Å²) in [6, 6.07) is -1.14. The van der Waals surface area contributed by atoms with Gasteiger partial charge in [0.2, 0.25) is 5.91 Å². The highest BCUT2D eigenvalue weighted by Gasteiger charge is 2.61. The van der Waals surface area contributed by atoms with Crippen LogP contribution in [-0.2, 0) is 14.3 Å². The van der Waals surface area contributed by atoms with Gasteiger partial charge in [-0.25, -0.2) is 4.79 Å². The largest absolute Gasteiger partial charge is 0.458 e. The minimum Gasteiger partial charge on any atom is -0.458 e. The van der Waals surface area contributed by atoms with Crippen LogP contribution in [0.15, 0.2) is 0 Å². The summed E-state index contributed by atoms with van der Waals surface area (Å²) in [5.41, 5.74) is -3.43. The van der Waals surface area contributed by atoms with Crippen LogP contribution in [0, 0.1) is 5.92 Å². The molecule has 1 amide bonds. The van der Waals surface area contributed by atoms with Gasteiger partial charge in [-0.15, -0.1) is 0 Å². The van der Waals surface area contributed by atoms with Crippen LogP contribution in [0.4, 0.5) is 13.2 Å². The number of carbonyl (C=O) groups is 2. The molecule has 0 radical (unpaired) electrons. The average molecular weight is 338 g/mol. The molecule has 0 aromatic carbocycles.